The van der Waals surface area contributed by atoms with Crippen molar-refractivity contribution in [1.29, 1.82) is 0 Å². The fourth-order valence-corrected chi connectivity index (χ4v) is 1.88. The predicted octanol–water partition coefficient (Wildman–Crippen LogP) is 1.64. The standard InChI is InChI=1S/C14H19N3O5/c1-3-4-9(2)16-13(18)8-22-14(19)11-6-5-10(17(20)21)7-12(11)15/h5-7,9H,3-4,8,15H2,1-2H3,(H,16,18)/t9-/m0/s1. The number of nitro benzene ring substituents is 1. The number of esters is 1. The molecule has 1 aromatic carbocycles. The fraction of sp³-hybridized carbons (Fsp3) is 0.429. The second-order valence-electron chi connectivity index (χ2n) is 4.86. The average Bonchev–Trinajstić information content (AvgIpc) is 2.44. The normalized spacial score (nSPS) is 11.5. The molecule has 1 amide bonds. The van der Waals surface area contributed by atoms with Gasteiger partial charge in [-0.2, -0.15) is 0 Å². The minimum absolute atomic E-state index is 0.000598. The zero-order valence-corrected chi connectivity index (χ0v) is 12.5. The van der Waals surface area contributed by atoms with Crippen molar-refractivity contribution in [3.8, 4) is 0 Å². The summed E-state index contributed by atoms with van der Waals surface area (Å²) in [6, 6.07) is 3.42. The van der Waals surface area contributed by atoms with Crippen LogP contribution in [0, 0.1) is 10.1 Å². The van der Waals surface area contributed by atoms with Gasteiger partial charge in [0.05, 0.1) is 16.2 Å². The molecule has 0 heterocycles. The third-order valence-corrected chi connectivity index (χ3v) is 2.93. The number of ether oxygens (including phenoxy) is 1. The molecule has 8 heteroatoms. The number of hydrogen-bond acceptors (Lipinski definition) is 6. The van der Waals surface area contributed by atoms with Crippen LogP contribution in [-0.4, -0.2) is 29.4 Å². The molecule has 3 N–H and O–H groups in total. The number of nitrogens with zero attached hydrogens (tertiary/aromatic N) is 1. The maximum Gasteiger partial charge on any atom is 0.340 e. The molecule has 0 aromatic heterocycles. The van der Waals surface area contributed by atoms with E-state index >= 15 is 0 Å². The van der Waals surface area contributed by atoms with Crippen molar-refractivity contribution in [3.63, 3.8) is 0 Å². The lowest BCUT2D eigenvalue weighted by Crippen LogP contribution is -2.35. The molecule has 1 rings (SSSR count). The van der Waals surface area contributed by atoms with Gasteiger partial charge in [0.15, 0.2) is 6.61 Å². The van der Waals surface area contributed by atoms with E-state index < -0.39 is 23.4 Å². The van der Waals surface area contributed by atoms with E-state index in [-0.39, 0.29) is 23.0 Å². The summed E-state index contributed by atoms with van der Waals surface area (Å²) in [6.07, 6.45) is 1.76. The molecule has 1 atom stereocenters. The van der Waals surface area contributed by atoms with Crippen LogP contribution in [0.5, 0.6) is 0 Å². The van der Waals surface area contributed by atoms with Crippen molar-refractivity contribution < 1.29 is 19.2 Å². The largest absolute Gasteiger partial charge is 0.452 e. The number of nitrogens with two attached hydrogens (primary N) is 1. The average molecular weight is 309 g/mol. The third kappa shape index (κ3) is 5.04. The van der Waals surface area contributed by atoms with Gasteiger partial charge in [-0.1, -0.05) is 13.3 Å². The van der Waals surface area contributed by atoms with Crippen LogP contribution < -0.4 is 11.1 Å². The minimum Gasteiger partial charge on any atom is -0.452 e. The van der Waals surface area contributed by atoms with Crippen LogP contribution in [0.2, 0.25) is 0 Å². The monoisotopic (exact) mass is 309 g/mol. The first kappa shape index (κ1) is 17.4. The smallest absolute Gasteiger partial charge is 0.340 e. The number of nitrogens with one attached hydrogen (secondary N) is 1. The van der Waals surface area contributed by atoms with E-state index in [0.717, 1.165) is 25.0 Å². The lowest BCUT2D eigenvalue weighted by atomic mass is 10.1. The van der Waals surface area contributed by atoms with Gasteiger partial charge < -0.3 is 15.8 Å². The van der Waals surface area contributed by atoms with Crippen molar-refractivity contribution in [1.82, 2.24) is 5.32 Å². The first-order valence-electron chi connectivity index (χ1n) is 6.85. The van der Waals surface area contributed by atoms with E-state index in [2.05, 4.69) is 5.32 Å². The summed E-state index contributed by atoms with van der Waals surface area (Å²) >= 11 is 0. The first-order chi connectivity index (χ1) is 10.3. The summed E-state index contributed by atoms with van der Waals surface area (Å²) in [5.74, 6) is -1.21. The number of hydrogen-bond donors (Lipinski definition) is 2. The number of rotatable bonds is 7. The molecule has 0 aliphatic rings. The Morgan fingerprint density at radius 1 is 1.45 bits per heavy atom. The molecule has 0 unspecified atom stereocenters. The Morgan fingerprint density at radius 2 is 2.14 bits per heavy atom. The molecule has 0 fully saturated rings. The van der Waals surface area contributed by atoms with E-state index in [4.69, 9.17) is 10.5 Å². The van der Waals surface area contributed by atoms with Crippen LogP contribution in [-0.2, 0) is 9.53 Å². The van der Waals surface area contributed by atoms with Crippen molar-refractivity contribution in [2.24, 2.45) is 0 Å². The van der Waals surface area contributed by atoms with Gasteiger partial charge in [0.25, 0.3) is 11.6 Å². The lowest BCUT2D eigenvalue weighted by Gasteiger charge is -2.13. The zero-order chi connectivity index (χ0) is 16.7. The molecule has 120 valence electrons. The van der Waals surface area contributed by atoms with E-state index in [1.165, 1.54) is 6.07 Å². The van der Waals surface area contributed by atoms with Crippen LogP contribution >= 0.6 is 0 Å². The highest BCUT2D eigenvalue weighted by molar-refractivity contribution is 5.96. The number of benzene rings is 1. The van der Waals surface area contributed by atoms with Crippen LogP contribution in [0.25, 0.3) is 0 Å². The van der Waals surface area contributed by atoms with Gasteiger partial charge in [0.2, 0.25) is 0 Å². The van der Waals surface area contributed by atoms with E-state index in [0.29, 0.717) is 0 Å². The summed E-state index contributed by atoms with van der Waals surface area (Å²) in [7, 11) is 0. The van der Waals surface area contributed by atoms with Gasteiger partial charge in [-0.3, -0.25) is 14.9 Å². The number of carbonyl (C=O) groups excluding carboxylic acids is 2. The van der Waals surface area contributed by atoms with E-state index in [1.54, 1.807) is 0 Å². The molecule has 0 spiro atoms. The SMILES string of the molecule is CCC[C@H](C)NC(=O)COC(=O)c1ccc([N+](=O)[O-])cc1N. The molecular weight excluding hydrogens is 290 g/mol. The van der Waals surface area contributed by atoms with Gasteiger partial charge >= 0.3 is 5.97 Å². The number of carbonyl (C=O) groups is 2. The van der Waals surface area contributed by atoms with Gasteiger partial charge in [-0.15, -0.1) is 0 Å². The number of anilines is 1. The summed E-state index contributed by atoms with van der Waals surface area (Å²) < 4.78 is 4.85. The topological polar surface area (TPSA) is 125 Å². The summed E-state index contributed by atoms with van der Waals surface area (Å²) in [6.45, 7) is 3.43. The Balaban J connectivity index is 2.59. The zero-order valence-electron chi connectivity index (χ0n) is 12.5. The van der Waals surface area contributed by atoms with Crippen LogP contribution in [0.3, 0.4) is 0 Å². The molecule has 0 aliphatic carbocycles. The second kappa shape index (κ2) is 7.96. The third-order valence-electron chi connectivity index (χ3n) is 2.93. The maximum atomic E-state index is 11.8. The predicted molar refractivity (Wildman–Crippen MR) is 80.3 cm³/mol. The van der Waals surface area contributed by atoms with Gasteiger partial charge in [0.1, 0.15) is 0 Å². The van der Waals surface area contributed by atoms with Gasteiger partial charge in [-0.25, -0.2) is 4.79 Å². The van der Waals surface area contributed by atoms with Gasteiger partial charge in [-0.05, 0) is 19.4 Å². The molecule has 0 saturated heterocycles. The Hall–Kier alpha value is -2.64. The maximum absolute atomic E-state index is 11.8. The summed E-state index contributed by atoms with van der Waals surface area (Å²) in [4.78, 5) is 33.4. The van der Waals surface area contributed by atoms with Crippen molar-refractivity contribution >= 4 is 23.3 Å². The Kier molecular flexibility index (Phi) is 6.30. The second-order valence-corrected chi connectivity index (χ2v) is 4.86. The number of nitrogen functional groups attached to an aromatic ring is 1. The molecule has 0 aliphatic heterocycles. The number of amides is 1. The van der Waals surface area contributed by atoms with Gasteiger partial charge in [0, 0.05) is 18.2 Å². The van der Waals surface area contributed by atoms with Crippen LogP contribution in [0.4, 0.5) is 11.4 Å². The highest BCUT2D eigenvalue weighted by Crippen LogP contribution is 2.20. The van der Waals surface area contributed by atoms with Crippen LogP contribution in [0.15, 0.2) is 18.2 Å². The van der Waals surface area contributed by atoms with Crippen molar-refractivity contribution in [3.05, 3.63) is 33.9 Å². The highest BCUT2D eigenvalue weighted by Gasteiger charge is 2.17. The minimum atomic E-state index is -0.800. The molecule has 1 aromatic rings. The van der Waals surface area contributed by atoms with Crippen molar-refractivity contribution in [2.75, 3.05) is 12.3 Å². The molecular formula is C14H19N3O5. The van der Waals surface area contributed by atoms with Crippen molar-refractivity contribution in [2.45, 2.75) is 32.7 Å². The van der Waals surface area contributed by atoms with E-state index in [9.17, 15) is 19.7 Å². The summed E-state index contributed by atoms with van der Waals surface area (Å²) in [5, 5.41) is 13.3. The molecule has 0 radical (unpaired) electrons. The quantitative estimate of drug-likeness (QED) is 0.341. The number of non-ortho nitro benzene ring substituents is 1. The first-order valence-corrected chi connectivity index (χ1v) is 6.85. The molecule has 22 heavy (non-hydrogen) atoms. The Morgan fingerprint density at radius 3 is 2.68 bits per heavy atom. The lowest BCUT2D eigenvalue weighted by molar-refractivity contribution is -0.384. The summed E-state index contributed by atoms with van der Waals surface area (Å²) in [5.41, 5.74) is 5.27. The molecule has 0 saturated carbocycles. The molecule has 8 nitrogen and oxygen atoms in total. The Bertz CT molecular complexity index is 574. The van der Waals surface area contributed by atoms with Crippen LogP contribution in [0.1, 0.15) is 37.0 Å². The highest BCUT2D eigenvalue weighted by atomic mass is 16.6. The molecule has 0 bridgehead atoms. The van der Waals surface area contributed by atoms with E-state index in [1.807, 2.05) is 13.8 Å². The fourth-order valence-electron chi connectivity index (χ4n) is 1.88. The number of nitro groups is 1. The Labute approximate surface area is 127 Å².